The molecule has 1 saturated carbocycles. The number of rotatable bonds is 2. The van der Waals surface area contributed by atoms with Gasteiger partial charge in [-0.25, -0.2) is 9.97 Å². The molecule has 1 amide bonds. The second kappa shape index (κ2) is 4.98. The molecule has 21 heavy (non-hydrogen) atoms. The number of carbonyl (C=O) groups is 1. The van der Waals surface area contributed by atoms with Crippen molar-refractivity contribution in [3.63, 3.8) is 0 Å². The molecule has 0 N–H and O–H groups in total. The van der Waals surface area contributed by atoms with E-state index >= 15 is 0 Å². The first kappa shape index (κ1) is 12.6. The molecule has 5 nitrogen and oxygen atoms in total. The van der Waals surface area contributed by atoms with Gasteiger partial charge in [0, 0.05) is 31.1 Å². The Morgan fingerprint density at radius 3 is 2.86 bits per heavy atom. The van der Waals surface area contributed by atoms with E-state index in [1.807, 2.05) is 4.90 Å². The molecule has 0 atom stereocenters. The standard InChI is InChI=1S/C16H17N3O2/c20-16(12-5-8-21-9-12)19-6-3-13-14(4-7-19)17-10-18-15(13)11-1-2-11/h5,8-11H,1-4,6-7H2. The Hall–Kier alpha value is -2.17. The molecule has 4 rings (SSSR count). The zero-order chi connectivity index (χ0) is 14.2. The van der Waals surface area contributed by atoms with E-state index in [9.17, 15) is 4.79 Å². The van der Waals surface area contributed by atoms with Crippen LogP contribution in [0.15, 0.2) is 29.3 Å². The van der Waals surface area contributed by atoms with Gasteiger partial charge in [0.2, 0.25) is 0 Å². The number of amides is 1. The highest BCUT2D eigenvalue weighted by atomic mass is 16.3. The SMILES string of the molecule is O=C(c1ccoc1)N1CCc2ncnc(C3CC3)c2CC1. The van der Waals surface area contributed by atoms with Crippen LogP contribution in [0.1, 0.15) is 46.1 Å². The highest BCUT2D eigenvalue weighted by Crippen LogP contribution is 2.41. The number of aromatic nitrogens is 2. The van der Waals surface area contributed by atoms with Gasteiger partial charge in [-0.1, -0.05) is 0 Å². The van der Waals surface area contributed by atoms with Crippen LogP contribution in [0.3, 0.4) is 0 Å². The van der Waals surface area contributed by atoms with Gasteiger partial charge in [-0.15, -0.1) is 0 Å². The highest BCUT2D eigenvalue weighted by Gasteiger charge is 2.30. The van der Waals surface area contributed by atoms with Crippen molar-refractivity contribution in [2.24, 2.45) is 0 Å². The summed E-state index contributed by atoms with van der Waals surface area (Å²) in [6.45, 7) is 1.43. The average molecular weight is 283 g/mol. The molecule has 0 radical (unpaired) electrons. The van der Waals surface area contributed by atoms with E-state index in [4.69, 9.17) is 4.42 Å². The van der Waals surface area contributed by atoms with Gasteiger partial charge in [-0.2, -0.15) is 0 Å². The monoisotopic (exact) mass is 283 g/mol. The summed E-state index contributed by atoms with van der Waals surface area (Å²) < 4.78 is 5.01. The molecule has 5 heteroatoms. The Kier molecular flexibility index (Phi) is 2.98. The van der Waals surface area contributed by atoms with E-state index in [-0.39, 0.29) is 5.91 Å². The lowest BCUT2D eigenvalue weighted by Gasteiger charge is -2.19. The zero-order valence-electron chi connectivity index (χ0n) is 11.8. The van der Waals surface area contributed by atoms with Crippen molar-refractivity contribution in [1.82, 2.24) is 14.9 Å². The summed E-state index contributed by atoms with van der Waals surface area (Å²) >= 11 is 0. The van der Waals surface area contributed by atoms with Gasteiger partial charge in [-0.05, 0) is 30.9 Å². The summed E-state index contributed by atoms with van der Waals surface area (Å²) in [6, 6.07) is 1.72. The van der Waals surface area contributed by atoms with Crippen LogP contribution in [0.2, 0.25) is 0 Å². The predicted octanol–water partition coefficient (Wildman–Crippen LogP) is 2.19. The molecule has 2 aromatic heterocycles. The van der Waals surface area contributed by atoms with Crippen molar-refractivity contribution in [2.75, 3.05) is 13.1 Å². The Morgan fingerprint density at radius 2 is 2.10 bits per heavy atom. The van der Waals surface area contributed by atoms with Crippen molar-refractivity contribution >= 4 is 5.91 Å². The van der Waals surface area contributed by atoms with Crippen LogP contribution in [0.5, 0.6) is 0 Å². The molecule has 2 aliphatic rings. The van der Waals surface area contributed by atoms with Crippen LogP contribution < -0.4 is 0 Å². The van der Waals surface area contributed by atoms with Gasteiger partial charge < -0.3 is 9.32 Å². The molecule has 108 valence electrons. The smallest absolute Gasteiger partial charge is 0.257 e. The molecule has 0 spiro atoms. The molecule has 2 aromatic rings. The molecular formula is C16H17N3O2. The van der Waals surface area contributed by atoms with Crippen LogP contribution >= 0.6 is 0 Å². The minimum absolute atomic E-state index is 0.0393. The van der Waals surface area contributed by atoms with Gasteiger partial charge in [0.25, 0.3) is 5.91 Å². The summed E-state index contributed by atoms with van der Waals surface area (Å²) in [6.07, 6.45) is 8.86. The molecular weight excluding hydrogens is 266 g/mol. The number of hydrogen-bond donors (Lipinski definition) is 0. The van der Waals surface area contributed by atoms with Gasteiger partial charge in [0.15, 0.2) is 0 Å². The van der Waals surface area contributed by atoms with Crippen molar-refractivity contribution < 1.29 is 9.21 Å². The Balaban J connectivity index is 1.57. The van der Waals surface area contributed by atoms with Crippen LogP contribution in [0.4, 0.5) is 0 Å². The minimum Gasteiger partial charge on any atom is -0.472 e. The number of fused-ring (bicyclic) bond motifs is 1. The summed E-state index contributed by atoms with van der Waals surface area (Å²) in [5.41, 5.74) is 4.24. The summed E-state index contributed by atoms with van der Waals surface area (Å²) in [5.74, 6) is 0.662. The third-order valence-corrected chi connectivity index (χ3v) is 4.34. The minimum atomic E-state index is 0.0393. The Morgan fingerprint density at radius 1 is 1.24 bits per heavy atom. The molecule has 0 unspecified atom stereocenters. The lowest BCUT2D eigenvalue weighted by atomic mass is 10.0. The number of hydrogen-bond acceptors (Lipinski definition) is 4. The van der Waals surface area contributed by atoms with Gasteiger partial charge in [0.05, 0.1) is 17.5 Å². The summed E-state index contributed by atoms with van der Waals surface area (Å²) in [4.78, 5) is 23.2. The second-order valence-corrected chi connectivity index (χ2v) is 5.76. The topological polar surface area (TPSA) is 59.2 Å². The van der Waals surface area contributed by atoms with Crippen molar-refractivity contribution in [3.8, 4) is 0 Å². The van der Waals surface area contributed by atoms with E-state index < -0.39 is 0 Å². The molecule has 1 aliphatic heterocycles. The fourth-order valence-corrected chi connectivity index (χ4v) is 3.03. The fourth-order valence-electron chi connectivity index (χ4n) is 3.03. The van der Waals surface area contributed by atoms with E-state index in [2.05, 4.69) is 9.97 Å². The quantitative estimate of drug-likeness (QED) is 0.847. The normalized spacial score (nSPS) is 18.2. The van der Waals surface area contributed by atoms with E-state index in [0.29, 0.717) is 18.0 Å². The third kappa shape index (κ3) is 2.33. The fraction of sp³-hybridized carbons (Fsp3) is 0.438. The maximum absolute atomic E-state index is 12.4. The van der Waals surface area contributed by atoms with Crippen molar-refractivity contribution in [3.05, 3.63) is 47.4 Å². The van der Waals surface area contributed by atoms with E-state index in [1.54, 1.807) is 12.4 Å². The molecule has 0 bridgehead atoms. The first-order valence-corrected chi connectivity index (χ1v) is 7.47. The third-order valence-electron chi connectivity index (χ3n) is 4.34. The van der Waals surface area contributed by atoms with Gasteiger partial charge in [-0.3, -0.25) is 4.79 Å². The first-order chi connectivity index (χ1) is 10.3. The Labute approximate surface area is 123 Å². The lowest BCUT2D eigenvalue weighted by molar-refractivity contribution is 0.0762. The average Bonchev–Trinajstić information content (AvgIpc) is 3.25. The van der Waals surface area contributed by atoms with E-state index in [0.717, 1.165) is 25.1 Å². The maximum atomic E-state index is 12.4. The van der Waals surface area contributed by atoms with Crippen molar-refractivity contribution in [2.45, 2.75) is 31.6 Å². The summed E-state index contributed by atoms with van der Waals surface area (Å²) in [5, 5.41) is 0. The zero-order valence-corrected chi connectivity index (χ0v) is 11.8. The number of nitrogens with zero attached hydrogens (tertiary/aromatic N) is 3. The molecule has 1 aliphatic carbocycles. The van der Waals surface area contributed by atoms with Crippen LogP contribution in [0.25, 0.3) is 0 Å². The summed E-state index contributed by atoms with van der Waals surface area (Å²) in [7, 11) is 0. The molecule has 0 saturated heterocycles. The lowest BCUT2D eigenvalue weighted by Crippen LogP contribution is -2.33. The second-order valence-electron chi connectivity index (χ2n) is 5.76. The van der Waals surface area contributed by atoms with Crippen molar-refractivity contribution in [1.29, 1.82) is 0 Å². The van der Waals surface area contributed by atoms with Crippen LogP contribution in [-0.4, -0.2) is 33.9 Å². The van der Waals surface area contributed by atoms with Crippen LogP contribution in [0, 0.1) is 0 Å². The largest absolute Gasteiger partial charge is 0.472 e. The van der Waals surface area contributed by atoms with E-state index in [1.165, 1.54) is 36.6 Å². The maximum Gasteiger partial charge on any atom is 0.257 e. The first-order valence-electron chi connectivity index (χ1n) is 7.47. The van der Waals surface area contributed by atoms with Crippen LogP contribution in [-0.2, 0) is 12.8 Å². The molecule has 3 heterocycles. The van der Waals surface area contributed by atoms with Gasteiger partial charge >= 0.3 is 0 Å². The molecule has 0 aromatic carbocycles. The number of furan rings is 1. The molecule has 1 fully saturated rings. The highest BCUT2D eigenvalue weighted by molar-refractivity contribution is 5.93. The predicted molar refractivity (Wildman–Crippen MR) is 76.0 cm³/mol. The number of carbonyl (C=O) groups excluding carboxylic acids is 1. The van der Waals surface area contributed by atoms with Gasteiger partial charge in [0.1, 0.15) is 12.6 Å². The Bertz CT molecular complexity index is 662.